The zero-order chi connectivity index (χ0) is 24.2. The van der Waals surface area contributed by atoms with Crippen LogP contribution in [0.5, 0.6) is 0 Å². The zero-order valence-electron chi connectivity index (χ0n) is 22.3. The van der Waals surface area contributed by atoms with Crippen molar-refractivity contribution in [3.05, 3.63) is 11.6 Å². The fourth-order valence-electron chi connectivity index (χ4n) is 10.6. The van der Waals surface area contributed by atoms with E-state index in [1.54, 1.807) is 0 Å². The van der Waals surface area contributed by atoms with E-state index in [0.29, 0.717) is 11.8 Å². The first-order chi connectivity index (χ1) is 15.1. The number of rotatable bonds is 1. The van der Waals surface area contributed by atoms with E-state index in [0.717, 1.165) is 51.4 Å². The fourth-order valence-corrected chi connectivity index (χ4v) is 10.6. The van der Waals surface area contributed by atoms with Crippen LogP contribution in [-0.4, -0.2) is 22.3 Å². The van der Waals surface area contributed by atoms with E-state index in [-0.39, 0.29) is 39.1 Å². The zero-order valence-corrected chi connectivity index (χ0v) is 22.3. The van der Waals surface area contributed by atoms with E-state index in [1.807, 2.05) is 0 Å². The van der Waals surface area contributed by atoms with Crippen LogP contribution in [0.2, 0.25) is 0 Å². The first kappa shape index (κ1) is 23.9. The van der Waals surface area contributed by atoms with E-state index >= 15 is 0 Å². The molecule has 3 heteroatoms. The molecule has 0 bridgehead atoms. The molecule has 0 aromatic rings. The summed E-state index contributed by atoms with van der Waals surface area (Å²) in [5.41, 5.74) is 1.68. The standard InChI is InChI=1S/C30H48O3/c1-25(2)14-16-30(24(32)33)17-15-28(6)19(20(30)18-25)8-9-22-27(5)12-11-23(31)26(3,4)21(27)10-13-29(22,28)7/h8,20-23,31H,9-18H2,1-7H3,(H,32,33)/t20?,21?,22-,23?,27?,28-,29?,30+/m1/s1. The third-order valence-electron chi connectivity index (χ3n) is 13.0. The van der Waals surface area contributed by atoms with Gasteiger partial charge in [0.25, 0.3) is 0 Å². The Bertz CT molecular complexity index is 885. The van der Waals surface area contributed by atoms with Gasteiger partial charge in [-0.05, 0) is 109 Å². The quantitative estimate of drug-likeness (QED) is 0.409. The summed E-state index contributed by atoms with van der Waals surface area (Å²) in [7, 11) is 0. The highest BCUT2D eigenvalue weighted by molar-refractivity contribution is 5.76. The maximum Gasteiger partial charge on any atom is 0.310 e. The lowest BCUT2D eigenvalue weighted by Crippen LogP contribution is -2.65. The highest BCUT2D eigenvalue weighted by Gasteiger charge is 2.69. The predicted molar refractivity (Wildman–Crippen MR) is 133 cm³/mol. The van der Waals surface area contributed by atoms with Crippen LogP contribution in [0.25, 0.3) is 0 Å². The molecule has 5 unspecified atom stereocenters. The fraction of sp³-hybridized carbons (Fsp3) is 0.900. The monoisotopic (exact) mass is 456 g/mol. The minimum Gasteiger partial charge on any atom is -0.481 e. The molecule has 4 fully saturated rings. The molecule has 0 saturated heterocycles. The van der Waals surface area contributed by atoms with Crippen LogP contribution in [-0.2, 0) is 4.79 Å². The van der Waals surface area contributed by atoms with Crippen LogP contribution in [0.3, 0.4) is 0 Å². The van der Waals surface area contributed by atoms with Crippen LogP contribution in [0.15, 0.2) is 11.6 Å². The Balaban J connectivity index is 1.60. The lowest BCUT2D eigenvalue weighted by atomic mass is 9.33. The van der Waals surface area contributed by atoms with Gasteiger partial charge in [-0.3, -0.25) is 4.79 Å². The molecule has 5 aliphatic rings. The molecule has 0 radical (unpaired) electrons. The van der Waals surface area contributed by atoms with Gasteiger partial charge in [-0.2, -0.15) is 0 Å². The topological polar surface area (TPSA) is 57.5 Å². The van der Waals surface area contributed by atoms with E-state index in [1.165, 1.54) is 18.4 Å². The van der Waals surface area contributed by atoms with Crippen molar-refractivity contribution in [1.82, 2.24) is 0 Å². The second-order valence-electron chi connectivity index (χ2n) is 15.1. The van der Waals surface area contributed by atoms with Crippen molar-refractivity contribution in [3.63, 3.8) is 0 Å². The molecule has 0 heterocycles. The van der Waals surface area contributed by atoms with Crippen molar-refractivity contribution in [2.75, 3.05) is 0 Å². The number of carboxylic acids is 1. The number of carbonyl (C=O) groups is 1. The number of aliphatic hydroxyl groups is 1. The second-order valence-corrected chi connectivity index (χ2v) is 15.1. The Kier molecular flexibility index (Phi) is 4.99. The normalized spacial score (nSPS) is 52.4. The van der Waals surface area contributed by atoms with Gasteiger partial charge < -0.3 is 10.2 Å². The van der Waals surface area contributed by atoms with Gasteiger partial charge in [0.2, 0.25) is 0 Å². The molecule has 0 aliphatic heterocycles. The van der Waals surface area contributed by atoms with Gasteiger partial charge in [-0.1, -0.05) is 60.1 Å². The van der Waals surface area contributed by atoms with Crippen LogP contribution >= 0.6 is 0 Å². The molecule has 0 aromatic carbocycles. The Morgan fingerprint density at radius 2 is 1.55 bits per heavy atom. The summed E-state index contributed by atoms with van der Waals surface area (Å²) in [4.78, 5) is 12.8. The first-order valence-electron chi connectivity index (χ1n) is 13.8. The molecule has 0 spiro atoms. The molecule has 33 heavy (non-hydrogen) atoms. The van der Waals surface area contributed by atoms with Crippen LogP contribution in [0.4, 0.5) is 0 Å². The Morgan fingerprint density at radius 3 is 2.21 bits per heavy atom. The van der Waals surface area contributed by atoms with Gasteiger partial charge >= 0.3 is 5.97 Å². The van der Waals surface area contributed by atoms with Gasteiger partial charge in [-0.15, -0.1) is 0 Å². The van der Waals surface area contributed by atoms with Crippen LogP contribution < -0.4 is 0 Å². The summed E-state index contributed by atoms with van der Waals surface area (Å²) >= 11 is 0. The molecule has 5 rings (SSSR count). The van der Waals surface area contributed by atoms with Crippen LogP contribution in [0, 0.1) is 50.2 Å². The average Bonchev–Trinajstić information content (AvgIpc) is 2.71. The largest absolute Gasteiger partial charge is 0.481 e. The smallest absolute Gasteiger partial charge is 0.310 e. The first-order valence-corrected chi connectivity index (χ1v) is 13.8. The highest BCUT2D eigenvalue weighted by atomic mass is 16.4. The van der Waals surface area contributed by atoms with Crippen molar-refractivity contribution in [2.45, 2.75) is 119 Å². The van der Waals surface area contributed by atoms with E-state index in [4.69, 9.17) is 0 Å². The number of carboxylic acid groups (broad SMARTS) is 1. The lowest BCUT2D eigenvalue weighted by Gasteiger charge is -2.71. The Hall–Kier alpha value is -0.830. The molecule has 2 N–H and O–H groups in total. The molecule has 186 valence electrons. The number of hydrogen-bond donors (Lipinski definition) is 2. The lowest BCUT2D eigenvalue weighted by molar-refractivity contribution is -0.205. The number of hydrogen-bond acceptors (Lipinski definition) is 2. The number of aliphatic carboxylic acids is 1. The summed E-state index contributed by atoms with van der Waals surface area (Å²) < 4.78 is 0. The molecular weight excluding hydrogens is 408 g/mol. The van der Waals surface area contributed by atoms with Crippen molar-refractivity contribution in [2.24, 2.45) is 50.2 Å². The summed E-state index contributed by atoms with van der Waals surface area (Å²) in [6.07, 6.45) is 12.6. The van der Waals surface area contributed by atoms with E-state index in [2.05, 4.69) is 54.5 Å². The predicted octanol–water partition coefficient (Wildman–Crippen LogP) is 7.23. The minimum absolute atomic E-state index is 0.0301. The van der Waals surface area contributed by atoms with Gasteiger partial charge in [0.1, 0.15) is 0 Å². The van der Waals surface area contributed by atoms with Gasteiger partial charge in [0.15, 0.2) is 0 Å². The Labute approximate surface area is 201 Å². The average molecular weight is 457 g/mol. The second kappa shape index (κ2) is 6.89. The summed E-state index contributed by atoms with van der Waals surface area (Å²) in [6.45, 7) is 16.9. The van der Waals surface area contributed by atoms with Crippen molar-refractivity contribution < 1.29 is 15.0 Å². The minimum atomic E-state index is -0.553. The number of allylic oxidation sites excluding steroid dienone is 2. The molecule has 0 amide bonds. The maximum absolute atomic E-state index is 12.8. The van der Waals surface area contributed by atoms with E-state index in [9.17, 15) is 15.0 Å². The molecular formula is C30H48O3. The molecule has 4 saturated carbocycles. The number of aliphatic hydroxyl groups excluding tert-OH is 1. The molecule has 5 aliphatic carbocycles. The Morgan fingerprint density at radius 1 is 0.879 bits per heavy atom. The van der Waals surface area contributed by atoms with Crippen molar-refractivity contribution in [1.29, 1.82) is 0 Å². The van der Waals surface area contributed by atoms with Gasteiger partial charge in [0, 0.05) is 0 Å². The maximum atomic E-state index is 12.8. The summed E-state index contributed by atoms with van der Waals surface area (Å²) in [6, 6.07) is 0. The number of fused-ring (bicyclic) bond motifs is 7. The summed E-state index contributed by atoms with van der Waals surface area (Å²) in [5.74, 6) is 0.807. The van der Waals surface area contributed by atoms with Gasteiger partial charge in [0.05, 0.1) is 11.5 Å². The van der Waals surface area contributed by atoms with Crippen molar-refractivity contribution >= 4 is 5.97 Å². The van der Waals surface area contributed by atoms with Gasteiger partial charge in [-0.25, -0.2) is 0 Å². The third-order valence-corrected chi connectivity index (χ3v) is 13.0. The van der Waals surface area contributed by atoms with Crippen molar-refractivity contribution in [3.8, 4) is 0 Å². The molecule has 3 nitrogen and oxygen atoms in total. The molecule has 8 atom stereocenters. The van der Waals surface area contributed by atoms with E-state index < -0.39 is 11.4 Å². The SMILES string of the molecule is CC1(C)CC[C@]2(C(=O)O)CC[C@]3(C)C(=CC[C@@H]4C5(C)CCC(O)C(C)(C)C5CCC43C)C2C1. The molecule has 0 aromatic heterocycles. The van der Waals surface area contributed by atoms with Crippen LogP contribution in [0.1, 0.15) is 113 Å². The third kappa shape index (κ3) is 2.87. The summed E-state index contributed by atoms with van der Waals surface area (Å²) in [5, 5.41) is 21.4. The highest BCUT2D eigenvalue weighted by Crippen LogP contribution is 2.75.